The predicted molar refractivity (Wildman–Crippen MR) is 128 cm³/mol. The molecule has 4 rings (SSSR count). The summed E-state index contributed by atoms with van der Waals surface area (Å²) >= 11 is 0. The number of carbonyl (C=O) groups excluding carboxylic acids is 2. The number of carboxylic acid groups (broad SMARTS) is 1. The molecule has 0 bridgehead atoms. The van der Waals surface area contributed by atoms with Gasteiger partial charge >= 0.3 is 12.1 Å². The second kappa shape index (κ2) is 9.87. The van der Waals surface area contributed by atoms with Gasteiger partial charge in [0.15, 0.2) is 0 Å². The Morgan fingerprint density at radius 2 is 1.56 bits per heavy atom. The smallest absolute Gasteiger partial charge is 0.407 e. The van der Waals surface area contributed by atoms with Crippen LogP contribution >= 0.6 is 0 Å². The highest BCUT2D eigenvalue weighted by atomic mass is 16.5. The summed E-state index contributed by atoms with van der Waals surface area (Å²) in [6.07, 6.45) is 1.30. The summed E-state index contributed by atoms with van der Waals surface area (Å²) in [5, 5.41) is 12.2. The minimum Gasteiger partial charge on any atom is -0.480 e. The number of fused-ring (bicyclic) bond motifs is 3. The van der Waals surface area contributed by atoms with Crippen LogP contribution in [0.5, 0.6) is 0 Å². The minimum absolute atomic E-state index is 0.0765. The molecule has 180 valence electrons. The Morgan fingerprint density at radius 1 is 1.00 bits per heavy atom. The highest BCUT2D eigenvalue weighted by molar-refractivity contribution is 5.89. The summed E-state index contributed by atoms with van der Waals surface area (Å²) in [4.78, 5) is 39.1. The van der Waals surface area contributed by atoms with Crippen LogP contribution in [0, 0.1) is 5.92 Å². The van der Waals surface area contributed by atoms with E-state index in [0.717, 1.165) is 35.1 Å². The summed E-state index contributed by atoms with van der Waals surface area (Å²) < 4.78 is 5.63. The van der Waals surface area contributed by atoms with Crippen molar-refractivity contribution in [3.05, 3.63) is 59.7 Å². The molecule has 1 saturated carbocycles. The fourth-order valence-corrected chi connectivity index (χ4v) is 4.81. The molecular weight excluding hydrogens is 432 g/mol. The van der Waals surface area contributed by atoms with Crippen LogP contribution in [-0.2, 0) is 14.3 Å². The number of aliphatic carboxylic acids is 1. The molecule has 2 aliphatic carbocycles. The van der Waals surface area contributed by atoms with E-state index in [-0.39, 0.29) is 30.4 Å². The number of hydrogen-bond acceptors (Lipinski definition) is 4. The summed E-state index contributed by atoms with van der Waals surface area (Å²) in [5.74, 6) is -1.36. The first-order valence-electron chi connectivity index (χ1n) is 11.9. The molecule has 2 aromatic rings. The first kappa shape index (κ1) is 23.8. The fraction of sp³-hybridized carbons (Fsp3) is 0.444. The lowest BCUT2D eigenvalue weighted by molar-refractivity contribution is -0.151. The van der Waals surface area contributed by atoms with Gasteiger partial charge in [-0.1, -0.05) is 62.4 Å². The molecule has 0 aromatic heterocycles. The lowest BCUT2D eigenvalue weighted by Crippen LogP contribution is -2.54. The molecule has 34 heavy (non-hydrogen) atoms. The van der Waals surface area contributed by atoms with Crippen molar-refractivity contribution in [2.45, 2.75) is 64.1 Å². The Balaban J connectivity index is 1.46. The molecule has 2 amide bonds. The Morgan fingerprint density at radius 3 is 2.06 bits per heavy atom. The topological polar surface area (TPSA) is 95.9 Å². The molecule has 2 aromatic carbocycles. The largest absolute Gasteiger partial charge is 0.480 e. The number of nitrogens with zero attached hydrogens (tertiary/aromatic N) is 1. The van der Waals surface area contributed by atoms with Crippen LogP contribution in [0.25, 0.3) is 11.1 Å². The van der Waals surface area contributed by atoms with Crippen LogP contribution < -0.4 is 5.32 Å². The molecule has 0 radical (unpaired) electrons. The maximum atomic E-state index is 13.3. The van der Waals surface area contributed by atoms with Gasteiger partial charge in [0.2, 0.25) is 5.91 Å². The molecular formula is C27H32N2O5. The zero-order valence-corrected chi connectivity index (χ0v) is 19.9. The first-order chi connectivity index (χ1) is 16.3. The quantitative estimate of drug-likeness (QED) is 0.573. The Kier molecular flexibility index (Phi) is 6.91. The van der Waals surface area contributed by atoms with E-state index in [4.69, 9.17) is 4.74 Å². The molecule has 2 aliphatic rings. The fourth-order valence-electron chi connectivity index (χ4n) is 4.81. The summed E-state index contributed by atoms with van der Waals surface area (Å²) in [5.41, 5.74) is 4.51. The maximum absolute atomic E-state index is 13.3. The Hall–Kier alpha value is -3.35. The Bertz CT molecular complexity index is 1030. The average Bonchev–Trinajstić information content (AvgIpc) is 3.59. The van der Waals surface area contributed by atoms with Gasteiger partial charge in [-0.05, 0) is 54.4 Å². The van der Waals surface area contributed by atoms with E-state index < -0.39 is 24.1 Å². The lowest BCUT2D eigenvalue weighted by Gasteiger charge is -2.31. The van der Waals surface area contributed by atoms with Crippen molar-refractivity contribution in [3.63, 3.8) is 0 Å². The van der Waals surface area contributed by atoms with Crippen LogP contribution in [0.1, 0.15) is 57.1 Å². The average molecular weight is 465 g/mol. The van der Waals surface area contributed by atoms with Crippen molar-refractivity contribution in [1.82, 2.24) is 10.2 Å². The van der Waals surface area contributed by atoms with Crippen molar-refractivity contribution in [3.8, 4) is 11.1 Å². The van der Waals surface area contributed by atoms with E-state index in [1.54, 1.807) is 0 Å². The highest BCUT2D eigenvalue weighted by Gasteiger charge is 2.41. The zero-order chi connectivity index (χ0) is 24.4. The number of nitrogens with one attached hydrogen (secondary N) is 1. The van der Waals surface area contributed by atoms with E-state index in [2.05, 4.69) is 17.4 Å². The van der Waals surface area contributed by atoms with Crippen molar-refractivity contribution in [2.75, 3.05) is 6.61 Å². The summed E-state index contributed by atoms with van der Waals surface area (Å²) in [7, 11) is 0. The highest BCUT2D eigenvalue weighted by Crippen LogP contribution is 2.44. The first-order valence-corrected chi connectivity index (χ1v) is 11.9. The van der Waals surface area contributed by atoms with Gasteiger partial charge < -0.3 is 20.1 Å². The van der Waals surface area contributed by atoms with Crippen molar-refractivity contribution >= 4 is 18.0 Å². The van der Waals surface area contributed by atoms with E-state index in [1.807, 2.05) is 50.2 Å². The van der Waals surface area contributed by atoms with E-state index >= 15 is 0 Å². The van der Waals surface area contributed by atoms with Crippen LogP contribution in [0.4, 0.5) is 4.79 Å². The number of carboxylic acids is 1. The monoisotopic (exact) mass is 464 g/mol. The summed E-state index contributed by atoms with van der Waals surface area (Å²) in [6, 6.07) is 14.3. The third kappa shape index (κ3) is 4.93. The number of benzene rings is 2. The van der Waals surface area contributed by atoms with Crippen molar-refractivity contribution < 1.29 is 24.2 Å². The van der Waals surface area contributed by atoms with Crippen LogP contribution in [0.2, 0.25) is 0 Å². The number of amides is 2. The normalized spacial score (nSPS) is 16.4. The molecule has 0 saturated heterocycles. The number of ether oxygens (including phenoxy) is 1. The molecule has 1 fully saturated rings. The maximum Gasteiger partial charge on any atom is 0.407 e. The molecule has 0 heterocycles. The van der Waals surface area contributed by atoms with Gasteiger partial charge in [-0.3, -0.25) is 4.79 Å². The van der Waals surface area contributed by atoms with Gasteiger partial charge in [0.05, 0.1) is 0 Å². The molecule has 0 spiro atoms. The van der Waals surface area contributed by atoms with Gasteiger partial charge in [-0.15, -0.1) is 0 Å². The van der Waals surface area contributed by atoms with Crippen molar-refractivity contribution in [1.29, 1.82) is 0 Å². The number of carbonyl (C=O) groups is 3. The number of hydrogen-bond donors (Lipinski definition) is 2. The Labute approximate surface area is 200 Å². The lowest BCUT2D eigenvalue weighted by atomic mass is 9.98. The van der Waals surface area contributed by atoms with Gasteiger partial charge in [-0.2, -0.15) is 0 Å². The molecule has 0 aliphatic heterocycles. The third-order valence-corrected chi connectivity index (χ3v) is 6.61. The van der Waals surface area contributed by atoms with Gasteiger partial charge in [-0.25, -0.2) is 9.59 Å². The number of rotatable bonds is 9. The molecule has 2 unspecified atom stereocenters. The van der Waals surface area contributed by atoms with E-state index in [9.17, 15) is 19.5 Å². The van der Waals surface area contributed by atoms with Crippen LogP contribution in [-0.4, -0.2) is 52.7 Å². The van der Waals surface area contributed by atoms with Crippen LogP contribution in [0.15, 0.2) is 48.5 Å². The van der Waals surface area contributed by atoms with Gasteiger partial charge in [0, 0.05) is 12.0 Å². The second-order valence-electron chi connectivity index (χ2n) is 9.64. The second-order valence-corrected chi connectivity index (χ2v) is 9.64. The third-order valence-electron chi connectivity index (χ3n) is 6.61. The number of alkyl carbamates (subject to hydrolysis) is 1. The molecule has 2 N–H and O–H groups in total. The molecule has 7 heteroatoms. The standard InChI is InChI=1S/C27H32N2O5/c1-16(2)14-24(25(30)29(18-12-13-18)17(3)26(31)32)28-27(33)34-15-23-21-10-6-4-8-19(21)20-9-5-7-11-22(20)23/h4-11,16-18,23-24H,12-15H2,1-3H3,(H,28,33)(H,31,32). The van der Waals surface area contributed by atoms with Gasteiger partial charge in [0.25, 0.3) is 0 Å². The molecule has 7 nitrogen and oxygen atoms in total. The summed E-state index contributed by atoms with van der Waals surface area (Å²) in [6.45, 7) is 5.59. The predicted octanol–water partition coefficient (Wildman–Crippen LogP) is 4.40. The minimum atomic E-state index is -1.05. The van der Waals surface area contributed by atoms with E-state index in [0.29, 0.717) is 6.42 Å². The van der Waals surface area contributed by atoms with Crippen molar-refractivity contribution in [2.24, 2.45) is 5.92 Å². The zero-order valence-electron chi connectivity index (χ0n) is 19.9. The SMILES string of the molecule is CC(C)CC(NC(=O)OCC1c2ccccc2-c2ccccc21)C(=O)N(C1CC1)C(C)C(=O)O. The van der Waals surface area contributed by atoms with Gasteiger partial charge in [0.1, 0.15) is 18.7 Å². The van der Waals surface area contributed by atoms with E-state index in [1.165, 1.54) is 11.8 Å². The van der Waals surface area contributed by atoms with Crippen LogP contribution in [0.3, 0.4) is 0 Å². The molecule has 2 atom stereocenters.